The van der Waals surface area contributed by atoms with Crippen molar-refractivity contribution in [1.29, 1.82) is 0 Å². The summed E-state index contributed by atoms with van der Waals surface area (Å²) in [4.78, 5) is 0. The Morgan fingerprint density at radius 2 is 2.11 bits per heavy atom. The van der Waals surface area contributed by atoms with E-state index in [0.717, 1.165) is 12.0 Å². The molecule has 0 spiro atoms. The molecule has 106 valence electrons. The number of benzene rings is 1. The number of rotatable bonds is 6. The lowest BCUT2D eigenvalue weighted by Gasteiger charge is -2.26. The Balaban J connectivity index is 2.05. The van der Waals surface area contributed by atoms with Crippen molar-refractivity contribution in [2.75, 3.05) is 5.75 Å². The summed E-state index contributed by atoms with van der Waals surface area (Å²) in [5.41, 5.74) is 0.817. The lowest BCUT2D eigenvalue weighted by molar-refractivity contribution is 0.422. The van der Waals surface area contributed by atoms with Gasteiger partial charge in [-0.15, -0.1) is 0 Å². The van der Waals surface area contributed by atoms with Gasteiger partial charge in [-0.25, -0.2) is 4.39 Å². The quantitative estimate of drug-likeness (QED) is 0.821. The maximum Gasteiger partial charge on any atom is 0.127 e. The summed E-state index contributed by atoms with van der Waals surface area (Å²) in [5, 5.41) is 4.40. The summed E-state index contributed by atoms with van der Waals surface area (Å²) in [5.74, 6) is 1.08. The van der Waals surface area contributed by atoms with Gasteiger partial charge in [0.2, 0.25) is 0 Å². The first-order chi connectivity index (χ1) is 9.26. The van der Waals surface area contributed by atoms with Gasteiger partial charge in [0.1, 0.15) is 5.82 Å². The molecule has 1 N–H and O–H groups in total. The Morgan fingerprint density at radius 3 is 2.79 bits per heavy atom. The SMILES string of the molecule is CCSC1CCCC1NC(CC)c1ccccc1F. The number of thioether (sulfide) groups is 1. The van der Waals surface area contributed by atoms with Crippen molar-refractivity contribution in [1.82, 2.24) is 5.32 Å². The molecule has 1 nitrogen and oxygen atoms in total. The fourth-order valence-corrected chi connectivity index (χ4v) is 4.18. The van der Waals surface area contributed by atoms with Crippen LogP contribution in [0, 0.1) is 5.82 Å². The second-order valence-electron chi connectivity index (χ2n) is 5.18. The molecule has 0 aromatic heterocycles. The first-order valence-electron chi connectivity index (χ1n) is 7.38. The molecule has 1 saturated carbocycles. The summed E-state index contributed by atoms with van der Waals surface area (Å²) < 4.78 is 13.9. The van der Waals surface area contributed by atoms with Gasteiger partial charge in [0.15, 0.2) is 0 Å². The zero-order chi connectivity index (χ0) is 13.7. The standard InChI is InChI=1S/C16H24FNS/c1-3-14(12-8-5-6-9-13(12)17)18-15-10-7-11-16(15)19-4-2/h5-6,8-9,14-16,18H,3-4,7,10-11H2,1-2H3. The molecular formula is C16H24FNS. The molecule has 1 aromatic rings. The predicted octanol–water partition coefficient (Wildman–Crippen LogP) is 4.54. The minimum atomic E-state index is -0.0838. The molecule has 0 radical (unpaired) electrons. The molecule has 1 fully saturated rings. The maximum atomic E-state index is 13.9. The number of halogens is 1. The Labute approximate surface area is 120 Å². The molecule has 1 aromatic carbocycles. The zero-order valence-electron chi connectivity index (χ0n) is 11.9. The van der Waals surface area contributed by atoms with Crippen LogP contribution in [-0.4, -0.2) is 17.0 Å². The highest BCUT2D eigenvalue weighted by atomic mass is 32.2. The third-order valence-electron chi connectivity index (χ3n) is 3.94. The summed E-state index contributed by atoms with van der Waals surface area (Å²) in [6.07, 6.45) is 4.75. The van der Waals surface area contributed by atoms with Crippen molar-refractivity contribution in [2.24, 2.45) is 0 Å². The van der Waals surface area contributed by atoms with E-state index < -0.39 is 0 Å². The Kier molecular flexibility index (Phi) is 5.71. The molecular weight excluding hydrogens is 257 g/mol. The van der Waals surface area contributed by atoms with Crippen LogP contribution >= 0.6 is 11.8 Å². The molecule has 3 unspecified atom stereocenters. The van der Waals surface area contributed by atoms with Gasteiger partial charge < -0.3 is 5.32 Å². The van der Waals surface area contributed by atoms with E-state index in [1.54, 1.807) is 12.1 Å². The molecule has 0 amide bonds. The molecule has 1 aliphatic carbocycles. The van der Waals surface area contributed by atoms with Gasteiger partial charge in [-0.1, -0.05) is 38.5 Å². The van der Waals surface area contributed by atoms with Gasteiger partial charge in [-0.3, -0.25) is 0 Å². The topological polar surface area (TPSA) is 12.0 Å². The van der Waals surface area contributed by atoms with Crippen LogP contribution in [0.15, 0.2) is 24.3 Å². The van der Waals surface area contributed by atoms with Crippen molar-refractivity contribution >= 4 is 11.8 Å². The minimum Gasteiger partial charge on any atom is -0.306 e. The molecule has 0 heterocycles. The van der Waals surface area contributed by atoms with Crippen molar-refractivity contribution < 1.29 is 4.39 Å². The summed E-state index contributed by atoms with van der Waals surface area (Å²) >= 11 is 2.04. The maximum absolute atomic E-state index is 13.9. The third-order valence-corrected chi connectivity index (χ3v) is 5.26. The number of hydrogen-bond acceptors (Lipinski definition) is 2. The highest BCUT2D eigenvalue weighted by Crippen LogP contribution is 2.32. The minimum absolute atomic E-state index is 0.0838. The van der Waals surface area contributed by atoms with Crippen LogP contribution in [0.1, 0.15) is 51.1 Å². The summed E-state index contributed by atoms with van der Waals surface area (Å²) in [7, 11) is 0. The van der Waals surface area contributed by atoms with E-state index in [2.05, 4.69) is 19.2 Å². The van der Waals surface area contributed by atoms with Gasteiger partial charge in [-0.2, -0.15) is 11.8 Å². The van der Waals surface area contributed by atoms with Crippen LogP contribution in [0.2, 0.25) is 0 Å². The Hall–Kier alpha value is -0.540. The second-order valence-corrected chi connectivity index (χ2v) is 6.70. The molecule has 19 heavy (non-hydrogen) atoms. The zero-order valence-corrected chi connectivity index (χ0v) is 12.7. The molecule has 0 bridgehead atoms. The van der Waals surface area contributed by atoms with Gasteiger partial charge in [0.05, 0.1) is 0 Å². The lowest BCUT2D eigenvalue weighted by Crippen LogP contribution is -2.37. The van der Waals surface area contributed by atoms with Crippen LogP contribution in [0.4, 0.5) is 4.39 Å². The fraction of sp³-hybridized carbons (Fsp3) is 0.625. The van der Waals surface area contributed by atoms with Crippen LogP contribution in [0.3, 0.4) is 0 Å². The van der Waals surface area contributed by atoms with E-state index in [-0.39, 0.29) is 11.9 Å². The smallest absolute Gasteiger partial charge is 0.127 e. The summed E-state index contributed by atoms with van der Waals surface area (Å²) in [6.45, 7) is 4.34. The van der Waals surface area contributed by atoms with E-state index >= 15 is 0 Å². The highest BCUT2D eigenvalue weighted by molar-refractivity contribution is 7.99. The van der Waals surface area contributed by atoms with Crippen molar-refractivity contribution in [3.05, 3.63) is 35.6 Å². The number of hydrogen-bond donors (Lipinski definition) is 1. The molecule has 2 rings (SSSR count). The van der Waals surface area contributed by atoms with Gasteiger partial charge in [0, 0.05) is 22.9 Å². The normalized spacial score (nSPS) is 24.6. The van der Waals surface area contributed by atoms with E-state index in [4.69, 9.17) is 0 Å². The molecule has 3 atom stereocenters. The van der Waals surface area contributed by atoms with E-state index in [0.29, 0.717) is 11.3 Å². The Morgan fingerprint density at radius 1 is 1.32 bits per heavy atom. The number of nitrogens with one attached hydrogen (secondary N) is 1. The molecule has 0 aliphatic heterocycles. The van der Waals surface area contributed by atoms with Crippen LogP contribution in [0.25, 0.3) is 0 Å². The van der Waals surface area contributed by atoms with E-state index in [1.165, 1.54) is 25.0 Å². The van der Waals surface area contributed by atoms with Gasteiger partial charge in [0.25, 0.3) is 0 Å². The predicted molar refractivity (Wildman–Crippen MR) is 82.1 cm³/mol. The van der Waals surface area contributed by atoms with Gasteiger partial charge >= 0.3 is 0 Å². The van der Waals surface area contributed by atoms with Crippen molar-refractivity contribution in [2.45, 2.75) is 56.9 Å². The fourth-order valence-electron chi connectivity index (χ4n) is 2.97. The monoisotopic (exact) mass is 281 g/mol. The first kappa shape index (κ1) is 14.9. The average molecular weight is 281 g/mol. The third kappa shape index (κ3) is 3.73. The summed E-state index contributed by atoms with van der Waals surface area (Å²) in [6, 6.07) is 7.84. The second kappa shape index (κ2) is 7.30. The van der Waals surface area contributed by atoms with Crippen LogP contribution < -0.4 is 5.32 Å². The molecule has 0 saturated heterocycles. The van der Waals surface area contributed by atoms with Crippen LogP contribution in [-0.2, 0) is 0 Å². The van der Waals surface area contributed by atoms with E-state index in [1.807, 2.05) is 23.9 Å². The van der Waals surface area contributed by atoms with Crippen LogP contribution in [0.5, 0.6) is 0 Å². The largest absolute Gasteiger partial charge is 0.306 e. The average Bonchev–Trinajstić information content (AvgIpc) is 2.85. The molecule has 3 heteroatoms. The first-order valence-corrected chi connectivity index (χ1v) is 8.43. The highest BCUT2D eigenvalue weighted by Gasteiger charge is 2.29. The van der Waals surface area contributed by atoms with Crippen molar-refractivity contribution in [3.63, 3.8) is 0 Å². The lowest BCUT2D eigenvalue weighted by atomic mass is 10.0. The Bertz CT molecular complexity index is 396. The van der Waals surface area contributed by atoms with E-state index in [9.17, 15) is 4.39 Å². The molecule has 1 aliphatic rings. The van der Waals surface area contributed by atoms with Gasteiger partial charge in [-0.05, 0) is 31.1 Å². The van der Waals surface area contributed by atoms with Crippen molar-refractivity contribution in [3.8, 4) is 0 Å².